The van der Waals surface area contributed by atoms with Crippen molar-refractivity contribution in [2.24, 2.45) is 0 Å². The number of thiazole rings is 1. The van der Waals surface area contributed by atoms with Crippen LogP contribution >= 0.6 is 11.3 Å². The van der Waals surface area contributed by atoms with E-state index in [1.807, 2.05) is 40.7 Å². The summed E-state index contributed by atoms with van der Waals surface area (Å²) in [5, 5.41) is 3.92. The summed E-state index contributed by atoms with van der Waals surface area (Å²) in [4.78, 5) is 21.4. The Hall–Kier alpha value is -2.38. The van der Waals surface area contributed by atoms with Crippen LogP contribution in [0.2, 0.25) is 0 Å². The zero-order valence-electron chi connectivity index (χ0n) is 14.0. The minimum absolute atomic E-state index is 0.0676. The number of rotatable bonds is 4. The van der Waals surface area contributed by atoms with Gasteiger partial charge in [-0.05, 0) is 6.07 Å². The van der Waals surface area contributed by atoms with E-state index in [0.29, 0.717) is 25.5 Å². The predicted octanol–water partition coefficient (Wildman–Crippen LogP) is 3.00. The number of amides is 1. The second-order valence-electron chi connectivity index (χ2n) is 5.93. The lowest BCUT2D eigenvalue weighted by atomic mass is 10.1. The fourth-order valence-electron chi connectivity index (χ4n) is 3.18. The van der Waals surface area contributed by atoms with Gasteiger partial charge in [-0.25, -0.2) is 4.98 Å². The third-order valence-corrected chi connectivity index (χ3v) is 5.27. The Morgan fingerprint density at radius 1 is 1.28 bits per heavy atom. The summed E-state index contributed by atoms with van der Waals surface area (Å²) in [7, 11) is 1.63. The molecule has 0 N–H and O–H groups in total. The van der Waals surface area contributed by atoms with E-state index < -0.39 is 0 Å². The smallest absolute Gasteiger partial charge is 0.290 e. The number of carbonyl (C=O) groups is 1. The van der Waals surface area contributed by atoms with Crippen LogP contribution in [0.1, 0.15) is 16.1 Å². The van der Waals surface area contributed by atoms with Gasteiger partial charge in [0.1, 0.15) is 5.58 Å². The van der Waals surface area contributed by atoms with Gasteiger partial charge in [-0.1, -0.05) is 18.2 Å². The van der Waals surface area contributed by atoms with Crippen LogP contribution in [-0.4, -0.2) is 49.1 Å². The van der Waals surface area contributed by atoms with Gasteiger partial charge in [0.15, 0.2) is 10.9 Å². The summed E-state index contributed by atoms with van der Waals surface area (Å²) in [5.74, 6) is 0.327. The molecule has 1 aliphatic heterocycles. The molecule has 2 aromatic heterocycles. The molecule has 6 nitrogen and oxygen atoms in total. The Morgan fingerprint density at radius 2 is 2.08 bits per heavy atom. The first-order chi connectivity index (χ1) is 12.3. The second-order valence-corrected chi connectivity index (χ2v) is 6.81. The molecule has 4 rings (SSSR count). The van der Waals surface area contributed by atoms with Crippen LogP contribution in [0.25, 0.3) is 11.0 Å². The number of nitrogens with zero attached hydrogens (tertiary/aromatic N) is 3. The van der Waals surface area contributed by atoms with E-state index >= 15 is 0 Å². The Morgan fingerprint density at radius 3 is 2.80 bits per heavy atom. The zero-order chi connectivity index (χ0) is 17.2. The van der Waals surface area contributed by atoms with Gasteiger partial charge in [0.25, 0.3) is 5.91 Å². The molecule has 1 aromatic carbocycles. The number of piperazine rings is 1. The molecule has 7 heteroatoms. The van der Waals surface area contributed by atoms with E-state index in [4.69, 9.17) is 9.15 Å². The van der Waals surface area contributed by atoms with Crippen molar-refractivity contribution in [3.05, 3.63) is 47.2 Å². The minimum atomic E-state index is -0.0676. The molecule has 1 amide bonds. The fourth-order valence-corrected chi connectivity index (χ4v) is 3.87. The van der Waals surface area contributed by atoms with Gasteiger partial charge in [-0.15, -0.1) is 11.3 Å². The number of aromatic nitrogens is 1. The first kappa shape index (κ1) is 16.1. The second kappa shape index (κ2) is 6.85. The number of para-hydroxylation sites is 1. The highest BCUT2D eigenvalue weighted by Gasteiger charge is 2.28. The Kier molecular flexibility index (Phi) is 4.42. The van der Waals surface area contributed by atoms with Crippen molar-refractivity contribution in [3.8, 4) is 0 Å². The number of carbonyl (C=O) groups excluding carboxylic acids is 1. The Balaban J connectivity index is 1.55. The SMILES string of the molecule is COCc1c(C(=O)N2CCN(c3nccs3)CC2)oc2ccccc12. The molecule has 0 unspecified atom stereocenters. The molecule has 1 saturated heterocycles. The van der Waals surface area contributed by atoms with Gasteiger partial charge in [-0.3, -0.25) is 4.79 Å². The number of anilines is 1. The fraction of sp³-hybridized carbons (Fsp3) is 0.333. The highest BCUT2D eigenvalue weighted by atomic mass is 32.1. The van der Waals surface area contributed by atoms with Gasteiger partial charge >= 0.3 is 0 Å². The van der Waals surface area contributed by atoms with E-state index in [9.17, 15) is 4.79 Å². The molecule has 0 saturated carbocycles. The number of hydrogen-bond donors (Lipinski definition) is 0. The van der Waals surface area contributed by atoms with Gasteiger partial charge in [0.05, 0.1) is 6.61 Å². The third-order valence-electron chi connectivity index (χ3n) is 4.44. The standard InChI is InChI=1S/C18H19N3O3S/c1-23-12-14-13-4-2-3-5-15(13)24-16(14)17(22)20-7-9-21(10-8-20)18-19-6-11-25-18/h2-6,11H,7-10,12H2,1H3. The molecule has 0 aliphatic carbocycles. The maximum atomic E-state index is 13.0. The predicted molar refractivity (Wildman–Crippen MR) is 97.2 cm³/mol. The van der Waals surface area contributed by atoms with Crippen LogP contribution in [0, 0.1) is 0 Å². The highest BCUT2D eigenvalue weighted by molar-refractivity contribution is 7.13. The van der Waals surface area contributed by atoms with E-state index in [0.717, 1.165) is 34.8 Å². The van der Waals surface area contributed by atoms with Crippen LogP contribution in [0.5, 0.6) is 0 Å². The van der Waals surface area contributed by atoms with Crippen molar-refractivity contribution in [2.75, 3.05) is 38.2 Å². The minimum Gasteiger partial charge on any atom is -0.451 e. The summed E-state index contributed by atoms with van der Waals surface area (Å²) in [6.45, 7) is 3.22. The van der Waals surface area contributed by atoms with E-state index in [-0.39, 0.29) is 5.91 Å². The van der Waals surface area contributed by atoms with E-state index in [1.54, 1.807) is 18.4 Å². The molecule has 1 aliphatic rings. The lowest BCUT2D eigenvalue weighted by Crippen LogP contribution is -2.48. The van der Waals surface area contributed by atoms with Crippen LogP contribution < -0.4 is 4.90 Å². The molecule has 0 radical (unpaired) electrons. The molecular weight excluding hydrogens is 338 g/mol. The highest BCUT2D eigenvalue weighted by Crippen LogP contribution is 2.28. The van der Waals surface area contributed by atoms with Crippen molar-refractivity contribution in [1.29, 1.82) is 0 Å². The molecular formula is C18H19N3O3S. The van der Waals surface area contributed by atoms with Crippen molar-refractivity contribution in [1.82, 2.24) is 9.88 Å². The Labute approximate surface area is 149 Å². The number of methoxy groups -OCH3 is 1. The Bertz CT molecular complexity index is 867. The molecule has 130 valence electrons. The molecule has 0 atom stereocenters. The molecule has 3 heterocycles. The summed E-state index contributed by atoms with van der Waals surface area (Å²) in [5.41, 5.74) is 1.55. The molecule has 0 bridgehead atoms. The first-order valence-corrected chi connectivity index (χ1v) is 9.09. The van der Waals surface area contributed by atoms with Crippen LogP contribution in [-0.2, 0) is 11.3 Å². The molecule has 1 fully saturated rings. The molecule has 3 aromatic rings. The maximum Gasteiger partial charge on any atom is 0.290 e. The van der Waals surface area contributed by atoms with Gasteiger partial charge < -0.3 is 19.0 Å². The quantitative estimate of drug-likeness (QED) is 0.718. The number of hydrogen-bond acceptors (Lipinski definition) is 6. The third kappa shape index (κ3) is 3.01. The van der Waals surface area contributed by atoms with Crippen LogP contribution in [0.4, 0.5) is 5.13 Å². The zero-order valence-corrected chi connectivity index (χ0v) is 14.8. The van der Waals surface area contributed by atoms with E-state index in [2.05, 4.69) is 9.88 Å². The van der Waals surface area contributed by atoms with Crippen molar-refractivity contribution < 1.29 is 13.9 Å². The number of ether oxygens (including phenoxy) is 1. The largest absolute Gasteiger partial charge is 0.451 e. The topological polar surface area (TPSA) is 58.8 Å². The number of furan rings is 1. The van der Waals surface area contributed by atoms with E-state index in [1.165, 1.54) is 0 Å². The lowest BCUT2D eigenvalue weighted by molar-refractivity contribution is 0.0710. The van der Waals surface area contributed by atoms with Gasteiger partial charge in [0.2, 0.25) is 0 Å². The van der Waals surface area contributed by atoms with Crippen LogP contribution in [0.3, 0.4) is 0 Å². The average Bonchev–Trinajstić information content (AvgIpc) is 3.30. The maximum absolute atomic E-state index is 13.0. The average molecular weight is 357 g/mol. The number of benzene rings is 1. The number of fused-ring (bicyclic) bond motifs is 1. The summed E-state index contributed by atoms with van der Waals surface area (Å²) in [6.07, 6.45) is 1.81. The van der Waals surface area contributed by atoms with Crippen molar-refractivity contribution in [2.45, 2.75) is 6.61 Å². The van der Waals surface area contributed by atoms with Crippen molar-refractivity contribution in [3.63, 3.8) is 0 Å². The van der Waals surface area contributed by atoms with Crippen LogP contribution in [0.15, 0.2) is 40.3 Å². The lowest BCUT2D eigenvalue weighted by Gasteiger charge is -2.34. The van der Waals surface area contributed by atoms with Crippen molar-refractivity contribution >= 4 is 33.3 Å². The van der Waals surface area contributed by atoms with Gasteiger partial charge in [0, 0.05) is 55.8 Å². The summed E-state index contributed by atoms with van der Waals surface area (Å²) < 4.78 is 11.2. The molecule has 25 heavy (non-hydrogen) atoms. The summed E-state index contributed by atoms with van der Waals surface area (Å²) >= 11 is 1.62. The first-order valence-electron chi connectivity index (χ1n) is 8.21. The summed E-state index contributed by atoms with van der Waals surface area (Å²) in [6, 6.07) is 7.69. The van der Waals surface area contributed by atoms with Gasteiger partial charge in [-0.2, -0.15) is 0 Å². The normalized spacial score (nSPS) is 15.1. The monoisotopic (exact) mass is 357 g/mol. The molecule has 0 spiro atoms.